The van der Waals surface area contributed by atoms with Crippen LogP contribution in [0.1, 0.15) is 31.9 Å². The second kappa shape index (κ2) is 7.11. The minimum atomic E-state index is -0.0748. The SMILES string of the molecule is CCc1cc(-c2n[nH]c(=S)n2-c2ccc(O)c3c2CCN3C(C)C)c(O)cc1O. The van der Waals surface area contributed by atoms with Crippen LogP contribution in [-0.4, -0.2) is 42.7 Å². The standard InChI is InChI=1S/C21H24N4O3S/c1-4-12-9-14(18(28)10-17(12)27)20-22-23-21(29)25(20)15-5-6-16(26)19-13(15)7-8-24(19)11(2)3/h5-6,9-11,26-28H,4,7-8H2,1-3H3,(H,23,29). The molecule has 0 bridgehead atoms. The molecule has 7 nitrogen and oxygen atoms in total. The number of fused-ring (bicyclic) bond motifs is 1. The van der Waals surface area contributed by atoms with Gasteiger partial charge in [-0.3, -0.25) is 9.67 Å². The average Bonchev–Trinajstić information content (AvgIpc) is 3.28. The maximum absolute atomic E-state index is 10.5. The number of rotatable bonds is 4. The molecule has 0 fully saturated rings. The zero-order chi connectivity index (χ0) is 20.9. The van der Waals surface area contributed by atoms with Crippen LogP contribution in [0, 0.1) is 4.77 Å². The first kappa shape index (κ1) is 19.3. The zero-order valence-electron chi connectivity index (χ0n) is 16.6. The Kier molecular flexibility index (Phi) is 4.74. The number of nitrogens with one attached hydrogen (secondary N) is 1. The predicted molar refractivity (Wildman–Crippen MR) is 115 cm³/mol. The van der Waals surface area contributed by atoms with E-state index in [1.54, 1.807) is 16.7 Å². The molecule has 2 aromatic carbocycles. The highest BCUT2D eigenvalue weighted by molar-refractivity contribution is 7.71. The highest BCUT2D eigenvalue weighted by atomic mass is 32.1. The summed E-state index contributed by atoms with van der Waals surface area (Å²) in [7, 11) is 0. The van der Waals surface area contributed by atoms with Gasteiger partial charge in [0.25, 0.3) is 0 Å². The molecular weight excluding hydrogens is 388 g/mol. The Morgan fingerprint density at radius 2 is 1.90 bits per heavy atom. The van der Waals surface area contributed by atoms with Gasteiger partial charge in [0.15, 0.2) is 10.6 Å². The third-order valence-corrected chi connectivity index (χ3v) is 5.76. The topological polar surface area (TPSA) is 97.5 Å². The van der Waals surface area contributed by atoms with Gasteiger partial charge in [-0.15, -0.1) is 0 Å². The number of aromatic hydroxyl groups is 3. The summed E-state index contributed by atoms with van der Waals surface area (Å²) in [5.41, 5.74) is 3.81. The smallest absolute Gasteiger partial charge is 0.200 e. The Hall–Kier alpha value is -3.00. The number of phenols is 3. The Bertz CT molecular complexity index is 1150. The van der Waals surface area contributed by atoms with Gasteiger partial charge in [-0.05, 0) is 62.7 Å². The fraction of sp³-hybridized carbons (Fsp3) is 0.333. The molecule has 1 aliphatic heterocycles. The first-order valence-corrected chi connectivity index (χ1v) is 10.1. The molecule has 1 aromatic heterocycles. The quantitative estimate of drug-likeness (QED) is 0.483. The normalized spacial score (nSPS) is 13.3. The molecule has 29 heavy (non-hydrogen) atoms. The number of aromatic amines is 1. The van der Waals surface area contributed by atoms with Gasteiger partial charge in [-0.25, -0.2) is 0 Å². The Morgan fingerprint density at radius 1 is 1.14 bits per heavy atom. The number of hydrogen-bond acceptors (Lipinski definition) is 6. The lowest BCUT2D eigenvalue weighted by molar-refractivity contribution is 0.447. The first-order chi connectivity index (χ1) is 13.8. The van der Waals surface area contributed by atoms with Crippen molar-refractivity contribution in [3.8, 4) is 34.3 Å². The van der Waals surface area contributed by atoms with Crippen LogP contribution in [0.15, 0.2) is 24.3 Å². The molecule has 2 heterocycles. The number of nitrogens with zero attached hydrogens (tertiary/aromatic N) is 3. The molecule has 1 aliphatic rings. The van der Waals surface area contributed by atoms with Crippen molar-refractivity contribution in [3.05, 3.63) is 40.2 Å². The molecule has 152 valence electrons. The summed E-state index contributed by atoms with van der Waals surface area (Å²) in [6.45, 7) is 6.93. The van der Waals surface area contributed by atoms with Crippen LogP contribution in [-0.2, 0) is 12.8 Å². The Balaban J connectivity index is 1.95. The number of anilines is 1. The summed E-state index contributed by atoms with van der Waals surface area (Å²) in [6.07, 6.45) is 1.38. The van der Waals surface area contributed by atoms with Crippen molar-refractivity contribution < 1.29 is 15.3 Å². The maximum atomic E-state index is 10.5. The van der Waals surface area contributed by atoms with Crippen molar-refractivity contribution in [1.82, 2.24) is 14.8 Å². The largest absolute Gasteiger partial charge is 0.508 e. The summed E-state index contributed by atoms with van der Waals surface area (Å²) >= 11 is 5.51. The van der Waals surface area contributed by atoms with Crippen molar-refractivity contribution in [1.29, 1.82) is 0 Å². The van der Waals surface area contributed by atoms with E-state index >= 15 is 0 Å². The van der Waals surface area contributed by atoms with Gasteiger partial charge >= 0.3 is 0 Å². The van der Waals surface area contributed by atoms with Crippen molar-refractivity contribution in [2.75, 3.05) is 11.4 Å². The lowest BCUT2D eigenvalue weighted by Crippen LogP contribution is -2.28. The van der Waals surface area contributed by atoms with Crippen molar-refractivity contribution in [2.24, 2.45) is 0 Å². The number of aromatic nitrogens is 3. The van der Waals surface area contributed by atoms with E-state index in [2.05, 4.69) is 28.9 Å². The molecule has 0 unspecified atom stereocenters. The molecule has 0 spiro atoms. The van der Waals surface area contributed by atoms with Crippen LogP contribution in [0.2, 0.25) is 0 Å². The van der Waals surface area contributed by atoms with Crippen LogP contribution < -0.4 is 4.90 Å². The van der Waals surface area contributed by atoms with Gasteiger partial charge in [0.2, 0.25) is 0 Å². The van der Waals surface area contributed by atoms with E-state index in [1.165, 1.54) is 6.07 Å². The van der Waals surface area contributed by atoms with E-state index in [4.69, 9.17) is 12.2 Å². The van der Waals surface area contributed by atoms with Gasteiger partial charge in [0.1, 0.15) is 17.2 Å². The molecule has 8 heteroatoms. The zero-order valence-corrected chi connectivity index (χ0v) is 17.4. The third kappa shape index (κ3) is 3.04. The van der Waals surface area contributed by atoms with Crippen molar-refractivity contribution in [2.45, 2.75) is 39.7 Å². The number of benzene rings is 2. The fourth-order valence-electron chi connectivity index (χ4n) is 4.04. The van der Waals surface area contributed by atoms with E-state index < -0.39 is 0 Å². The fourth-order valence-corrected chi connectivity index (χ4v) is 4.27. The van der Waals surface area contributed by atoms with Crippen molar-refractivity contribution >= 4 is 17.9 Å². The molecule has 0 saturated carbocycles. The minimum absolute atomic E-state index is 0.0486. The minimum Gasteiger partial charge on any atom is -0.508 e. The van der Waals surface area contributed by atoms with Crippen LogP contribution in [0.5, 0.6) is 17.2 Å². The highest BCUT2D eigenvalue weighted by Crippen LogP contribution is 2.43. The van der Waals surface area contributed by atoms with Crippen LogP contribution in [0.25, 0.3) is 17.1 Å². The Labute approximate surface area is 173 Å². The molecule has 0 saturated heterocycles. The maximum Gasteiger partial charge on any atom is 0.200 e. The number of H-pyrrole nitrogens is 1. The van der Waals surface area contributed by atoms with E-state index in [-0.39, 0.29) is 23.3 Å². The molecule has 0 atom stereocenters. The summed E-state index contributed by atoms with van der Waals surface area (Å²) in [5.74, 6) is 0.673. The molecule has 3 aromatic rings. The van der Waals surface area contributed by atoms with Crippen LogP contribution in [0.3, 0.4) is 0 Å². The number of aryl methyl sites for hydroxylation is 1. The third-order valence-electron chi connectivity index (χ3n) is 5.48. The molecule has 0 aliphatic carbocycles. The van der Waals surface area contributed by atoms with Crippen LogP contribution in [0.4, 0.5) is 5.69 Å². The Morgan fingerprint density at radius 3 is 2.59 bits per heavy atom. The van der Waals surface area contributed by atoms with Gasteiger partial charge in [-0.2, -0.15) is 5.10 Å². The summed E-state index contributed by atoms with van der Waals surface area (Å²) < 4.78 is 2.17. The average molecular weight is 413 g/mol. The second-order valence-corrected chi connectivity index (χ2v) is 7.89. The van der Waals surface area contributed by atoms with Gasteiger partial charge < -0.3 is 20.2 Å². The van der Waals surface area contributed by atoms with E-state index in [0.29, 0.717) is 28.1 Å². The molecule has 4 rings (SSSR count). The lowest BCUT2D eigenvalue weighted by atomic mass is 10.0. The second-order valence-electron chi connectivity index (χ2n) is 7.51. The van der Waals surface area contributed by atoms with Gasteiger partial charge in [0.05, 0.1) is 16.9 Å². The van der Waals surface area contributed by atoms with E-state index in [0.717, 1.165) is 29.9 Å². The molecule has 4 N–H and O–H groups in total. The number of phenolic OH excluding ortho intramolecular Hbond substituents is 3. The lowest BCUT2D eigenvalue weighted by Gasteiger charge is -2.25. The number of hydrogen-bond donors (Lipinski definition) is 4. The van der Waals surface area contributed by atoms with E-state index in [1.807, 2.05) is 13.0 Å². The molecule has 0 radical (unpaired) electrons. The van der Waals surface area contributed by atoms with Gasteiger partial charge in [0, 0.05) is 24.2 Å². The van der Waals surface area contributed by atoms with Gasteiger partial charge in [-0.1, -0.05) is 6.92 Å². The summed E-state index contributed by atoms with van der Waals surface area (Å²) in [6, 6.07) is 6.81. The van der Waals surface area contributed by atoms with E-state index in [9.17, 15) is 15.3 Å². The molecule has 0 amide bonds. The monoisotopic (exact) mass is 412 g/mol. The van der Waals surface area contributed by atoms with Crippen molar-refractivity contribution in [3.63, 3.8) is 0 Å². The predicted octanol–water partition coefficient (Wildman–Crippen LogP) is 4.05. The summed E-state index contributed by atoms with van der Waals surface area (Å²) in [5, 5.41) is 38.2. The summed E-state index contributed by atoms with van der Waals surface area (Å²) in [4.78, 5) is 2.17. The van der Waals surface area contributed by atoms with Crippen LogP contribution >= 0.6 is 12.2 Å². The first-order valence-electron chi connectivity index (χ1n) is 9.68. The highest BCUT2D eigenvalue weighted by Gasteiger charge is 2.29. The molecular formula is C21H24N4O3S.